The van der Waals surface area contributed by atoms with Crippen LogP contribution < -0.4 is 10.1 Å². The topological polar surface area (TPSA) is 102 Å². The molecule has 4 aromatic rings. The molecule has 2 unspecified atom stereocenters. The molecule has 7 heteroatoms. The van der Waals surface area contributed by atoms with Gasteiger partial charge in [-0.25, -0.2) is 9.78 Å². The number of nitrogens with zero attached hydrogens (tertiary/aromatic N) is 1. The number of carboxylic acids is 1. The van der Waals surface area contributed by atoms with Gasteiger partial charge in [0.15, 0.2) is 18.2 Å². The lowest BCUT2D eigenvalue weighted by Gasteiger charge is -2.18. The average molecular weight is 497 g/mol. The Hall–Kier alpha value is -4.23. The molecule has 2 N–H and O–H groups in total. The molecule has 1 saturated heterocycles. The highest BCUT2D eigenvalue weighted by molar-refractivity contribution is 5.86. The van der Waals surface area contributed by atoms with Crippen molar-refractivity contribution in [3.63, 3.8) is 0 Å². The standard InChI is InChI=1S/C30H28N2O5/c33-25(28-23(14-15-31-28)16-20-8-7-13-24(17-20)36-19-27(34)35)18-26-32-29(21-9-3-1-4-10-21)30(37-26)22-11-5-2-6-12-22/h1-13,17,23,28,31H,14-16,18-19H2,(H,34,35). The summed E-state index contributed by atoms with van der Waals surface area (Å²) < 4.78 is 11.5. The number of aliphatic carboxylic acids is 1. The Morgan fingerprint density at radius 3 is 2.43 bits per heavy atom. The van der Waals surface area contributed by atoms with Crippen LogP contribution in [-0.2, 0) is 22.4 Å². The van der Waals surface area contributed by atoms with Crippen LogP contribution >= 0.6 is 0 Å². The molecule has 1 aliphatic rings. The summed E-state index contributed by atoms with van der Waals surface area (Å²) >= 11 is 0. The van der Waals surface area contributed by atoms with Gasteiger partial charge in [-0.1, -0.05) is 72.8 Å². The van der Waals surface area contributed by atoms with Gasteiger partial charge >= 0.3 is 5.97 Å². The quantitative estimate of drug-likeness (QED) is 0.325. The number of carbonyl (C=O) groups is 2. The van der Waals surface area contributed by atoms with Crippen molar-refractivity contribution >= 4 is 11.8 Å². The van der Waals surface area contributed by atoms with Gasteiger partial charge in [0, 0.05) is 11.1 Å². The number of oxazole rings is 1. The van der Waals surface area contributed by atoms with Crippen LogP contribution in [-0.4, -0.2) is 41.0 Å². The van der Waals surface area contributed by atoms with Crippen molar-refractivity contribution in [3.8, 4) is 28.3 Å². The van der Waals surface area contributed by atoms with Crippen molar-refractivity contribution in [2.24, 2.45) is 5.92 Å². The lowest BCUT2D eigenvalue weighted by molar-refractivity contribution is -0.139. The first-order valence-electron chi connectivity index (χ1n) is 12.4. The summed E-state index contributed by atoms with van der Waals surface area (Å²) in [6.07, 6.45) is 1.65. The number of rotatable bonds is 10. The van der Waals surface area contributed by atoms with Crippen molar-refractivity contribution in [1.82, 2.24) is 10.3 Å². The number of hydrogen-bond acceptors (Lipinski definition) is 6. The summed E-state index contributed by atoms with van der Waals surface area (Å²) in [5, 5.41) is 12.2. The first-order valence-corrected chi connectivity index (χ1v) is 12.4. The van der Waals surface area contributed by atoms with Crippen LogP contribution in [0.4, 0.5) is 0 Å². The Kier molecular flexibility index (Phi) is 7.42. The maximum Gasteiger partial charge on any atom is 0.341 e. The molecule has 188 valence electrons. The highest BCUT2D eigenvalue weighted by Crippen LogP contribution is 2.33. The predicted molar refractivity (Wildman–Crippen MR) is 139 cm³/mol. The molecule has 2 atom stereocenters. The number of aromatic nitrogens is 1. The second kappa shape index (κ2) is 11.2. The normalized spacial score (nSPS) is 17.0. The van der Waals surface area contributed by atoms with Crippen molar-refractivity contribution in [2.75, 3.05) is 13.2 Å². The minimum absolute atomic E-state index is 0.0428. The molecule has 3 aromatic carbocycles. The summed E-state index contributed by atoms with van der Waals surface area (Å²) in [4.78, 5) is 28.9. The van der Waals surface area contributed by atoms with Crippen LogP contribution in [0.5, 0.6) is 5.75 Å². The van der Waals surface area contributed by atoms with Gasteiger partial charge in [0.05, 0.1) is 12.5 Å². The average Bonchev–Trinajstić information content (AvgIpc) is 3.56. The highest BCUT2D eigenvalue weighted by Gasteiger charge is 2.33. The monoisotopic (exact) mass is 496 g/mol. The van der Waals surface area contributed by atoms with Gasteiger partial charge < -0.3 is 19.6 Å². The number of carboxylic acid groups (broad SMARTS) is 1. The van der Waals surface area contributed by atoms with E-state index in [0.717, 1.165) is 35.3 Å². The second-order valence-corrected chi connectivity index (χ2v) is 9.17. The molecule has 1 aliphatic heterocycles. The fraction of sp³-hybridized carbons (Fsp3) is 0.233. The van der Waals surface area contributed by atoms with Gasteiger partial charge in [-0.05, 0) is 43.0 Å². The molecule has 7 nitrogen and oxygen atoms in total. The molecule has 37 heavy (non-hydrogen) atoms. The van der Waals surface area contributed by atoms with Crippen LogP contribution in [0.3, 0.4) is 0 Å². The van der Waals surface area contributed by atoms with Crippen LogP contribution in [0.25, 0.3) is 22.6 Å². The Labute approximate surface area is 215 Å². The van der Waals surface area contributed by atoms with Gasteiger partial charge in [0.2, 0.25) is 5.89 Å². The van der Waals surface area contributed by atoms with E-state index >= 15 is 0 Å². The van der Waals surface area contributed by atoms with E-state index in [-0.39, 0.29) is 30.8 Å². The van der Waals surface area contributed by atoms with Gasteiger partial charge in [-0.15, -0.1) is 0 Å². The minimum atomic E-state index is -1.02. The molecule has 1 aromatic heterocycles. The molecule has 0 radical (unpaired) electrons. The highest BCUT2D eigenvalue weighted by atomic mass is 16.5. The number of nitrogens with one attached hydrogen (secondary N) is 1. The fourth-order valence-electron chi connectivity index (χ4n) is 4.84. The van der Waals surface area contributed by atoms with E-state index in [9.17, 15) is 9.59 Å². The molecular weight excluding hydrogens is 468 g/mol. The first kappa shape index (κ1) is 24.5. The van der Waals surface area contributed by atoms with Crippen molar-refractivity contribution in [1.29, 1.82) is 0 Å². The maximum atomic E-state index is 13.4. The van der Waals surface area contributed by atoms with Crippen LogP contribution in [0.15, 0.2) is 89.3 Å². The maximum absolute atomic E-state index is 13.4. The van der Waals surface area contributed by atoms with Crippen molar-refractivity contribution in [3.05, 3.63) is 96.4 Å². The largest absolute Gasteiger partial charge is 0.482 e. The first-order chi connectivity index (χ1) is 18.1. The number of ether oxygens (including phenoxy) is 1. The van der Waals surface area contributed by atoms with Crippen LogP contribution in [0, 0.1) is 5.92 Å². The smallest absolute Gasteiger partial charge is 0.341 e. The Morgan fingerprint density at radius 2 is 1.70 bits per heavy atom. The third-order valence-corrected chi connectivity index (χ3v) is 6.54. The number of benzene rings is 3. The zero-order valence-electron chi connectivity index (χ0n) is 20.3. The fourth-order valence-corrected chi connectivity index (χ4v) is 4.84. The summed E-state index contributed by atoms with van der Waals surface area (Å²) in [7, 11) is 0. The molecule has 0 saturated carbocycles. The Morgan fingerprint density at radius 1 is 0.973 bits per heavy atom. The van der Waals surface area contributed by atoms with Gasteiger partial charge in [0.25, 0.3) is 0 Å². The van der Waals surface area contributed by atoms with E-state index in [2.05, 4.69) is 5.32 Å². The predicted octanol–water partition coefficient (Wildman–Crippen LogP) is 4.80. The molecule has 0 spiro atoms. The molecule has 0 bridgehead atoms. The molecule has 0 aliphatic carbocycles. The van der Waals surface area contributed by atoms with E-state index in [1.807, 2.05) is 78.9 Å². The minimum Gasteiger partial charge on any atom is -0.482 e. The van der Waals surface area contributed by atoms with E-state index in [1.165, 1.54) is 0 Å². The van der Waals surface area contributed by atoms with E-state index in [4.69, 9.17) is 19.2 Å². The van der Waals surface area contributed by atoms with E-state index in [0.29, 0.717) is 23.8 Å². The third kappa shape index (κ3) is 5.95. The van der Waals surface area contributed by atoms with Crippen molar-refractivity contribution in [2.45, 2.75) is 25.3 Å². The van der Waals surface area contributed by atoms with E-state index in [1.54, 1.807) is 6.07 Å². The summed E-state index contributed by atoms with van der Waals surface area (Å²) in [5.41, 5.74) is 3.58. The lowest BCUT2D eigenvalue weighted by Crippen LogP contribution is -2.37. The lowest BCUT2D eigenvalue weighted by atomic mass is 9.89. The SMILES string of the molecule is O=C(O)COc1cccc(CC2CCNC2C(=O)Cc2nc(-c3ccccc3)c(-c3ccccc3)o2)c1. The zero-order valence-corrected chi connectivity index (χ0v) is 20.3. The summed E-state index contributed by atoms with van der Waals surface area (Å²) in [6, 6.07) is 26.7. The number of hydrogen-bond donors (Lipinski definition) is 2. The van der Waals surface area contributed by atoms with E-state index < -0.39 is 5.97 Å². The summed E-state index contributed by atoms with van der Waals surface area (Å²) in [5.74, 6) is 0.701. The third-order valence-electron chi connectivity index (χ3n) is 6.54. The van der Waals surface area contributed by atoms with Crippen LogP contribution in [0.2, 0.25) is 0 Å². The van der Waals surface area contributed by atoms with Gasteiger partial charge in [0.1, 0.15) is 11.4 Å². The molecule has 1 fully saturated rings. The number of ketones is 1. The Bertz CT molecular complexity index is 1310. The van der Waals surface area contributed by atoms with Crippen molar-refractivity contribution < 1.29 is 23.8 Å². The van der Waals surface area contributed by atoms with Crippen LogP contribution in [0.1, 0.15) is 17.9 Å². The molecular formula is C30H28N2O5. The molecule has 2 heterocycles. The summed E-state index contributed by atoms with van der Waals surface area (Å²) in [6.45, 7) is 0.369. The number of carbonyl (C=O) groups excluding carboxylic acids is 1. The Balaban J connectivity index is 1.32. The second-order valence-electron chi connectivity index (χ2n) is 9.17. The molecule has 5 rings (SSSR count). The van der Waals surface area contributed by atoms with Gasteiger partial charge in [-0.3, -0.25) is 4.79 Å². The molecule has 0 amide bonds. The number of Topliss-reactive ketones (excluding diaryl/α,β-unsaturated/α-hetero) is 1. The zero-order chi connectivity index (χ0) is 25.6. The van der Waals surface area contributed by atoms with Gasteiger partial charge in [-0.2, -0.15) is 0 Å².